The Labute approximate surface area is 123 Å². The number of aromatic nitrogens is 2. The van der Waals surface area contributed by atoms with Crippen molar-refractivity contribution in [3.8, 4) is 28.6 Å². The van der Waals surface area contributed by atoms with Crippen LogP contribution >= 0.6 is 0 Å². The summed E-state index contributed by atoms with van der Waals surface area (Å²) in [6.45, 7) is 4.10. The zero-order valence-electron chi connectivity index (χ0n) is 12.3. The van der Waals surface area contributed by atoms with Crippen LogP contribution in [0.15, 0.2) is 47.0 Å². The summed E-state index contributed by atoms with van der Waals surface area (Å²) in [6, 6.07) is 13.8. The van der Waals surface area contributed by atoms with Gasteiger partial charge in [-0.05, 0) is 38.1 Å². The van der Waals surface area contributed by atoms with Gasteiger partial charge in [0.15, 0.2) is 0 Å². The van der Waals surface area contributed by atoms with Gasteiger partial charge in [0.2, 0.25) is 5.82 Å². The van der Waals surface area contributed by atoms with Crippen molar-refractivity contribution in [2.75, 3.05) is 7.11 Å². The van der Waals surface area contributed by atoms with Gasteiger partial charge in [-0.25, -0.2) is 0 Å². The quantitative estimate of drug-likeness (QED) is 0.726. The molecule has 1 aromatic heterocycles. The highest BCUT2D eigenvalue weighted by Crippen LogP contribution is 2.25. The molecule has 0 saturated carbocycles. The molecule has 3 aromatic rings. The minimum Gasteiger partial charge on any atom is -0.497 e. The minimum atomic E-state index is 0.527. The van der Waals surface area contributed by atoms with Crippen LogP contribution in [0.3, 0.4) is 0 Å². The Morgan fingerprint density at radius 3 is 2.43 bits per heavy atom. The normalized spacial score (nSPS) is 10.6. The van der Waals surface area contributed by atoms with E-state index in [-0.39, 0.29) is 0 Å². The maximum absolute atomic E-state index is 5.39. The van der Waals surface area contributed by atoms with Gasteiger partial charge in [-0.2, -0.15) is 4.98 Å². The molecule has 0 atom stereocenters. The molecule has 0 radical (unpaired) electrons. The van der Waals surface area contributed by atoms with Crippen molar-refractivity contribution in [3.63, 3.8) is 0 Å². The van der Waals surface area contributed by atoms with Crippen molar-refractivity contribution >= 4 is 0 Å². The molecule has 0 amide bonds. The van der Waals surface area contributed by atoms with Crippen LogP contribution in [-0.2, 0) is 0 Å². The number of benzene rings is 2. The van der Waals surface area contributed by atoms with Gasteiger partial charge >= 0.3 is 0 Å². The van der Waals surface area contributed by atoms with Gasteiger partial charge < -0.3 is 9.26 Å². The largest absolute Gasteiger partial charge is 0.497 e. The van der Waals surface area contributed by atoms with Crippen molar-refractivity contribution in [2.24, 2.45) is 0 Å². The molecule has 21 heavy (non-hydrogen) atoms. The summed E-state index contributed by atoms with van der Waals surface area (Å²) in [7, 11) is 1.64. The van der Waals surface area contributed by atoms with Gasteiger partial charge in [-0.15, -0.1) is 0 Å². The Bertz CT molecular complexity index is 758. The second-order valence-electron chi connectivity index (χ2n) is 5.03. The van der Waals surface area contributed by atoms with Crippen LogP contribution in [0.25, 0.3) is 22.8 Å². The summed E-state index contributed by atoms with van der Waals surface area (Å²) < 4.78 is 10.6. The fourth-order valence-corrected chi connectivity index (χ4v) is 2.32. The highest BCUT2D eigenvalue weighted by Gasteiger charge is 2.11. The highest BCUT2D eigenvalue weighted by molar-refractivity contribution is 5.62. The van der Waals surface area contributed by atoms with E-state index in [0.717, 1.165) is 16.9 Å². The Morgan fingerprint density at radius 2 is 1.71 bits per heavy atom. The first-order valence-electron chi connectivity index (χ1n) is 6.72. The zero-order valence-corrected chi connectivity index (χ0v) is 12.3. The monoisotopic (exact) mass is 280 g/mol. The average Bonchev–Trinajstić information content (AvgIpc) is 2.96. The smallest absolute Gasteiger partial charge is 0.258 e. The van der Waals surface area contributed by atoms with E-state index in [0.29, 0.717) is 11.7 Å². The molecule has 0 saturated heterocycles. The number of ether oxygens (including phenoxy) is 1. The summed E-state index contributed by atoms with van der Waals surface area (Å²) in [6.07, 6.45) is 0. The summed E-state index contributed by atoms with van der Waals surface area (Å²) in [4.78, 5) is 4.48. The molecule has 3 rings (SSSR count). The molecule has 2 aromatic carbocycles. The fourth-order valence-electron chi connectivity index (χ4n) is 2.32. The SMILES string of the molecule is COc1cccc(-c2noc(-c3cc(C)cc(C)c3)n2)c1. The van der Waals surface area contributed by atoms with Crippen molar-refractivity contribution in [1.82, 2.24) is 10.1 Å². The van der Waals surface area contributed by atoms with Gasteiger partial charge in [-0.1, -0.05) is 34.5 Å². The van der Waals surface area contributed by atoms with Crippen LogP contribution < -0.4 is 4.74 Å². The molecule has 0 aliphatic carbocycles. The molecule has 106 valence electrons. The van der Waals surface area contributed by atoms with E-state index in [1.54, 1.807) is 7.11 Å². The number of rotatable bonds is 3. The molecule has 0 aliphatic heterocycles. The molecule has 0 aliphatic rings. The van der Waals surface area contributed by atoms with Gasteiger partial charge in [0.05, 0.1) is 7.11 Å². The van der Waals surface area contributed by atoms with E-state index < -0.39 is 0 Å². The summed E-state index contributed by atoms with van der Waals surface area (Å²) in [5.41, 5.74) is 4.15. The third-order valence-corrected chi connectivity index (χ3v) is 3.22. The maximum Gasteiger partial charge on any atom is 0.258 e. The third kappa shape index (κ3) is 2.79. The van der Waals surface area contributed by atoms with Crippen LogP contribution in [0.1, 0.15) is 11.1 Å². The third-order valence-electron chi connectivity index (χ3n) is 3.22. The Hall–Kier alpha value is -2.62. The van der Waals surface area contributed by atoms with Crippen LogP contribution in [0.5, 0.6) is 5.75 Å². The molecular weight excluding hydrogens is 264 g/mol. The van der Waals surface area contributed by atoms with Crippen molar-refractivity contribution in [2.45, 2.75) is 13.8 Å². The van der Waals surface area contributed by atoms with E-state index in [1.165, 1.54) is 11.1 Å². The number of methoxy groups -OCH3 is 1. The van der Waals surface area contributed by atoms with Crippen molar-refractivity contribution in [3.05, 3.63) is 53.6 Å². The zero-order chi connectivity index (χ0) is 14.8. The topological polar surface area (TPSA) is 48.2 Å². The number of hydrogen-bond acceptors (Lipinski definition) is 4. The minimum absolute atomic E-state index is 0.527. The lowest BCUT2D eigenvalue weighted by atomic mass is 10.1. The first-order valence-corrected chi connectivity index (χ1v) is 6.72. The van der Waals surface area contributed by atoms with Crippen LogP contribution in [0, 0.1) is 13.8 Å². The first kappa shape index (κ1) is 13.4. The van der Waals surface area contributed by atoms with Gasteiger partial charge in [0.25, 0.3) is 5.89 Å². The molecule has 0 fully saturated rings. The Morgan fingerprint density at radius 1 is 0.952 bits per heavy atom. The Balaban J connectivity index is 1.99. The van der Waals surface area contributed by atoms with E-state index >= 15 is 0 Å². The summed E-state index contributed by atoms with van der Waals surface area (Å²) in [5.74, 6) is 1.85. The molecular formula is C17H16N2O2. The second-order valence-corrected chi connectivity index (χ2v) is 5.03. The van der Waals surface area contributed by atoms with Crippen molar-refractivity contribution in [1.29, 1.82) is 0 Å². The molecule has 0 unspecified atom stereocenters. The first-order chi connectivity index (χ1) is 10.2. The lowest BCUT2D eigenvalue weighted by Crippen LogP contribution is -1.86. The van der Waals surface area contributed by atoms with Crippen molar-refractivity contribution < 1.29 is 9.26 Å². The van der Waals surface area contributed by atoms with Gasteiger partial charge in [0, 0.05) is 11.1 Å². The van der Waals surface area contributed by atoms with E-state index in [1.807, 2.05) is 36.4 Å². The van der Waals surface area contributed by atoms with Gasteiger partial charge in [-0.3, -0.25) is 0 Å². The highest BCUT2D eigenvalue weighted by atomic mass is 16.5. The number of aryl methyl sites for hydroxylation is 2. The number of hydrogen-bond donors (Lipinski definition) is 0. The fraction of sp³-hybridized carbons (Fsp3) is 0.176. The van der Waals surface area contributed by atoms with Crippen LogP contribution in [0.4, 0.5) is 0 Å². The predicted molar refractivity (Wildman–Crippen MR) is 81.2 cm³/mol. The molecule has 4 heteroatoms. The maximum atomic E-state index is 5.39. The molecule has 0 spiro atoms. The molecule has 0 bridgehead atoms. The van der Waals surface area contributed by atoms with E-state index in [2.05, 4.69) is 30.1 Å². The second kappa shape index (κ2) is 5.40. The predicted octanol–water partition coefficient (Wildman–Crippen LogP) is 4.03. The molecule has 0 N–H and O–H groups in total. The standard InChI is InChI=1S/C17H16N2O2/c1-11-7-12(2)9-14(8-11)17-18-16(19-21-17)13-5-4-6-15(10-13)20-3/h4-10H,1-3H3. The Kier molecular flexibility index (Phi) is 3.44. The molecule has 4 nitrogen and oxygen atoms in total. The lowest BCUT2D eigenvalue weighted by Gasteiger charge is -2.00. The number of nitrogens with zero attached hydrogens (tertiary/aromatic N) is 2. The summed E-state index contributed by atoms with van der Waals surface area (Å²) in [5, 5.41) is 4.06. The lowest BCUT2D eigenvalue weighted by molar-refractivity contribution is 0.414. The molecule has 1 heterocycles. The summed E-state index contributed by atoms with van der Waals surface area (Å²) >= 11 is 0. The van der Waals surface area contributed by atoms with E-state index in [4.69, 9.17) is 9.26 Å². The van der Waals surface area contributed by atoms with Crippen LogP contribution in [-0.4, -0.2) is 17.3 Å². The average molecular weight is 280 g/mol. The van der Waals surface area contributed by atoms with E-state index in [9.17, 15) is 0 Å². The van der Waals surface area contributed by atoms with Crippen LogP contribution in [0.2, 0.25) is 0 Å². The van der Waals surface area contributed by atoms with Gasteiger partial charge in [0.1, 0.15) is 5.75 Å².